The zero-order valence-electron chi connectivity index (χ0n) is 16.4. The number of alkyl halides is 3. The van der Waals surface area contributed by atoms with E-state index >= 15 is 0 Å². The molecule has 170 valence electrons. The van der Waals surface area contributed by atoms with Crippen LogP contribution in [0.15, 0.2) is 23.1 Å². The average molecular weight is 474 g/mol. The third kappa shape index (κ3) is 7.07. The lowest BCUT2D eigenvalue weighted by Gasteiger charge is -2.30. The first-order valence-corrected chi connectivity index (χ1v) is 11.2. The quantitative estimate of drug-likeness (QED) is 0.465. The summed E-state index contributed by atoms with van der Waals surface area (Å²) in [6.07, 6.45) is -3.26. The van der Waals surface area contributed by atoms with Gasteiger partial charge in [-0.2, -0.15) is 17.5 Å². The Kier molecular flexibility index (Phi) is 8.49. The summed E-state index contributed by atoms with van der Waals surface area (Å²) >= 11 is 5.67. The molecule has 0 spiro atoms. The summed E-state index contributed by atoms with van der Waals surface area (Å²) in [5.41, 5.74) is 0. The number of piperidine rings is 1. The first kappa shape index (κ1) is 24.8. The highest BCUT2D eigenvalue weighted by atomic mass is 35.5. The fraction of sp³-hybridized carbons (Fsp3) is 0.611. The van der Waals surface area contributed by atoms with Crippen LogP contribution in [0.1, 0.15) is 19.3 Å². The van der Waals surface area contributed by atoms with Crippen LogP contribution in [0.25, 0.3) is 0 Å². The lowest BCUT2D eigenvalue weighted by Crippen LogP contribution is -2.43. The first-order chi connectivity index (χ1) is 13.9. The Bertz CT molecular complexity index is 844. The van der Waals surface area contributed by atoms with Crippen molar-refractivity contribution >= 4 is 27.5 Å². The van der Waals surface area contributed by atoms with Crippen LogP contribution in [0, 0.1) is 11.7 Å². The highest BCUT2D eigenvalue weighted by molar-refractivity contribution is 7.89. The predicted molar refractivity (Wildman–Crippen MR) is 104 cm³/mol. The molecule has 0 bridgehead atoms. The number of rotatable bonds is 8. The van der Waals surface area contributed by atoms with Gasteiger partial charge in [-0.1, -0.05) is 11.6 Å². The number of halogens is 5. The van der Waals surface area contributed by atoms with Crippen LogP contribution in [0.2, 0.25) is 5.02 Å². The van der Waals surface area contributed by atoms with Crippen LogP contribution in [-0.4, -0.2) is 69.5 Å². The van der Waals surface area contributed by atoms with Crippen LogP contribution < -0.4 is 5.32 Å². The smallest absolute Gasteiger partial charge is 0.356 e. The van der Waals surface area contributed by atoms with Gasteiger partial charge in [0.05, 0.1) is 16.5 Å². The number of benzene rings is 1. The monoisotopic (exact) mass is 473 g/mol. The Balaban J connectivity index is 1.78. The Hall–Kier alpha value is -1.43. The van der Waals surface area contributed by atoms with Crippen LogP contribution in [-0.2, 0) is 14.8 Å². The van der Waals surface area contributed by atoms with Crippen molar-refractivity contribution in [3.8, 4) is 0 Å². The maximum atomic E-state index is 13.3. The van der Waals surface area contributed by atoms with E-state index in [-0.39, 0.29) is 47.9 Å². The zero-order valence-corrected chi connectivity index (χ0v) is 18.0. The van der Waals surface area contributed by atoms with Crippen molar-refractivity contribution in [2.45, 2.75) is 30.3 Å². The molecule has 1 N–H and O–H groups in total. The molecule has 1 heterocycles. The molecular weight excluding hydrogens is 450 g/mol. The van der Waals surface area contributed by atoms with Crippen molar-refractivity contribution in [1.29, 1.82) is 0 Å². The van der Waals surface area contributed by atoms with Gasteiger partial charge in [-0.15, -0.1) is 0 Å². The van der Waals surface area contributed by atoms with Crippen molar-refractivity contribution in [2.24, 2.45) is 5.92 Å². The molecule has 6 nitrogen and oxygen atoms in total. The molecule has 1 fully saturated rings. The molecule has 0 atom stereocenters. The minimum Gasteiger partial charge on any atom is -0.356 e. The normalized spacial score (nSPS) is 16.8. The first-order valence-electron chi connectivity index (χ1n) is 9.38. The molecule has 12 heteroatoms. The van der Waals surface area contributed by atoms with Crippen molar-refractivity contribution in [3.05, 3.63) is 29.0 Å². The second-order valence-corrected chi connectivity index (χ2v) is 9.60. The molecule has 1 aliphatic heterocycles. The molecule has 0 radical (unpaired) electrons. The molecule has 30 heavy (non-hydrogen) atoms. The van der Waals surface area contributed by atoms with Crippen LogP contribution >= 0.6 is 11.6 Å². The van der Waals surface area contributed by atoms with Gasteiger partial charge in [0.1, 0.15) is 5.82 Å². The summed E-state index contributed by atoms with van der Waals surface area (Å²) in [5, 5.41) is 2.41. The molecule has 1 aliphatic rings. The van der Waals surface area contributed by atoms with E-state index in [0.29, 0.717) is 19.3 Å². The number of carbonyl (C=O) groups is 1. The molecule has 0 aromatic heterocycles. The van der Waals surface area contributed by atoms with Crippen molar-refractivity contribution in [2.75, 3.05) is 39.8 Å². The highest BCUT2D eigenvalue weighted by Crippen LogP contribution is 2.26. The predicted octanol–water partition coefficient (Wildman–Crippen LogP) is 2.88. The number of nitrogens with zero attached hydrogens (tertiary/aromatic N) is 2. The number of sulfonamides is 1. The lowest BCUT2D eigenvalue weighted by molar-refractivity contribution is -0.143. The van der Waals surface area contributed by atoms with Gasteiger partial charge in [0, 0.05) is 25.6 Å². The van der Waals surface area contributed by atoms with Crippen LogP contribution in [0.3, 0.4) is 0 Å². The Morgan fingerprint density at radius 1 is 1.30 bits per heavy atom. The minimum absolute atomic E-state index is 0.111. The van der Waals surface area contributed by atoms with Gasteiger partial charge in [-0.05, 0) is 51.1 Å². The number of carbonyl (C=O) groups excluding carboxylic acids is 1. The third-order valence-electron chi connectivity index (χ3n) is 4.82. The Labute approximate surface area is 178 Å². The maximum Gasteiger partial charge on any atom is 0.401 e. The van der Waals surface area contributed by atoms with E-state index in [0.717, 1.165) is 23.1 Å². The fourth-order valence-electron chi connectivity index (χ4n) is 3.23. The van der Waals surface area contributed by atoms with Gasteiger partial charge >= 0.3 is 6.18 Å². The molecule has 0 aliphatic carbocycles. The van der Waals surface area contributed by atoms with Gasteiger partial charge in [-0.3, -0.25) is 9.69 Å². The molecule has 1 saturated heterocycles. The molecule has 0 unspecified atom stereocenters. The van der Waals surface area contributed by atoms with E-state index in [2.05, 4.69) is 5.32 Å². The maximum absolute atomic E-state index is 13.3. The summed E-state index contributed by atoms with van der Waals surface area (Å²) in [5.74, 6) is -1.33. The van der Waals surface area contributed by atoms with Crippen molar-refractivity contribution in [3.63, 3.8) is 0 Å². The van der Waals surface area contributed by atoms with Crippen LogP contribution in [0.4, 0.5) is 17.6 Å². The summed E-state index contributed by atoms with van der Waals surface area (Å²) < 4.78 is 76.6. The Morgan fingerprint density at radius 2 is 1.93 bits per heavy atom. The second-order valence-electron chi connectivity index (χ2n) is 7.25. The topological polar surface area (TPSA) is 69.7 Å². The third-order valence-corrected chi connectivity index (χ3v) is 7.00. The number of hydrogen-bond acceptors (Lipinski definition) is 4. The Morgan fingerprint density at radius 3 is 2.50 bits per heavy atom. The van der Waals surface area contributed by atoms with E-state index in [1.165, 1.54) is 11.4 Å². The summed E-state index contributed by atoms with van der Waals surface area (Å²) in [7, 11) is -2.48. The highest BCUT2D eigenvalue weighted by Gasteiger charge is 2.32. The van der Waals surface area contributed by atoms with Crippen LogP contribution in [0.5, 0.6) is 0 Å². The summed E-state index contributed by atoms with van der Waals surface area (Å²) in [6, 6.07) is 3.19. The van der Waals surface area contributed by atoms with Gasteiger partial charge in [0.25, 0.3) is 0 Å². The molecule has 2 rings (SSSR count). The van der Waals surface area contributed by atoms with Gasteiger partial charge < -0.3 is 5.32 Å². The van der Waals surface area contributed by atoms with E-state index in [1.54, 1.807) is 0 Å². The summed E-state index contributed by atoms with van der Waals surface area (Å²) in [6.45, 7) is -0.315. The summed E-state index contributed by atoms with van der Waals surface area (Å²) in [4.78, 5) is 13.3. The average Bonchev–Trinajstić information content (AvgIpc) is 2.66. The fourth-order valence-corrected chi connectivity index (χ4v) is 4.98. The largest absolute Gasteiger partial charge is 0.401 e. The second kappa shape index (κ2) is 10.3. The minimum atomic E-state index is -4.26. The van der Waals surface area contributed by atoms with E-state index in [4.69, 9.17) is 11.6 Å². The van der Waals surface area contributed by atoms with Crippen molar-refractivity contribution in [1.82, 2.24) is 14.5 Å². The zero-order chi connectivity index (χ0) is 22.5. The van der Waals surface area contributed by atoms with Gasteiger partial charge in [-0.25, -0.2) is 12.8 Å². The van der Waals surface area contributed by atoms with E-state index < -0.39 is 28.6 Å². The molecule has 1 aromatic carbocycles. The molecule has 1 amide bonds. The van der Waals surface area contributed by atoms with E-state index in [1.807, 2.05) is 0 Å². The number of nitrogens with one attached hydrogen (secondary N) is 1. The lowest BCUT2D eigenvalue weighted by atomic mass is 9.97. The van der Waals surface area contributed by atoms with E-state index in [9.17, 15) is 30.8 Å². The number of hydrogen-bond donors (Lipinski definition) is 1. The molecule has 1 aromatic rings. The standard InChI is InChI=1S/C18H24ClF4N3O3S/c1-25(12-18(21,22)23)8-2-7-24-17(27)13-5-9-26(10-6-13)30(28,29)14-3-4-16(20)15(19)11-14/h3-4,11,13H,2,5-10,12H2,1H3,(H,24,27). The van der Waals surface area contributed by atoms with Crippen molar-refractivity contribution < 1.29 is 30.8 Å². The molecule has 0 saturated carbocycles. The van der Waals surface area contributed by atoms with Gasteiger partial charge in [0.2, 0.25) is 15.9 Å². The SMILES string of the molecule is CN(CCCNC(=O)C1CCN(S(=O)(=O)c2ccc(F)c(Cl)c2)CC1)CC(F)(F)F. The molecular formula is C18H24ClF4N3O3S. The van der Waals surface area contributed by atoms with Gasteiger partial charge in [0.15, 0.2) is 0 Å². The number of amides is 1.